The van der Waals surface area contributed by atoms with E-state index in [2.05, 4.69) is 0 Å². The van der Waals surface area contributed by atoms with Crippen LogP contribution in [0.3, 0.4) is 0 Å². The van der Waals surface area contributed by atoms with E-state index in [1.54, 1.807) is 11.0 Å². The van der Waals surface area contributed by atoms with Crippen molar-refractivity contribution < 1.29 is 13.2 Å². The summed E-state index contributed by atoms with van der Waals surface area (Å²) in [7, 11) is -3.42. The number of amides is 1. The number of nitrogens with zero attached hydrogens (tertiary/aromatic N) is 2. The molecule has 0 atom stereocenters. The SMILES string of the molecule is O=CN1CCN(S(=O)(=O)c2ccc3c(c2)CCC3)CC1. The summed E-state index contributed by atoms with van der Waals surface area (Å²) in [5.74, 6) is 0. The molecule has 2 aliphatic rings. The van der Waals surface area contributed by atoms with Crippen LogP contribution in [0.1, 0.15) is 17.5 Å². The van der Waals surface area contributed by atoms with Gasteiger partial charge in [0.2, 0.25) is 16.4 Å². The van der Waals surface area contributed by atoms with Crippen LogP contribution in [0.2, 0.25) is 0 Å². The second-order valence-electron chi connectivity index (χ2n) is 5.33. The fourth-order valence-corrected chi connectivity index (χ4v) is 4.38. The standard InChI is InChI=1S/C14H18N2O3S/c17-11-15-6-8-16(9-7-15)20(18,19)14-5-4-12-2-1-3-13(12)10-14/h4-5,10-11H,1-3,6-9H2. The molecule has 1 fully saturated rings. The van der Waals surface area contributed by atoms with Crippen molar-refractivity contribution in [3.8, 4) is 0 Å². The number of carbonyl (C=O) groups is 1. The van der Waals surface area contributed by atoms with E-state index >= 15 is 0 Å². The Hall–Kier alpha value is -1.40. The van der Waals surface area contributed by atoms with Crippen molar-refractivity contribution in [1.82, 2.24) is 9.21 Å². The fourth-order valence-electron chi connectivity index (χ4n) is 2.91. The number of piperazine rings is 1. The topological polar surface area (TPSA) is 57.7 Å². The first-order chi connectivity index (χ1) is 9.61. The van der Waals surface area contributed by atoms with Gasteiger partial charge in [0.15, 0.2) is 0 Å². The van der Waals surface area contributed by atoms with Gasteiger partial charge in [-0.25, -0.2) is 8.42 Å². The maximum Gasteiger partial charge on any atom is 0.243 e. The van der Waals surface area contributed by atoms with Crippen molar-refractivity contribution in [3.05, 3.63) is 29.3 Å². The smallest absolute Gasteiger partial charge is 0.243 e. The number of hydrogen-bond donors (Lipinski definition) is 0. The van der Waals surface area contributed by atoms with E-state index in [-0.39, 0.29) is 0 Å². The molecular weight excluding hydrogens is 276 g/mol. The number of rotatable bonds is 3. The highest BCUT2D eigenvalue weighted by atomic mass is 32.2. The largest absolute Gasteiger partial charge is 0.343 e. The number of sulfonamides is 1. The van der Waals surface area contributed by atoms with Crippen LogP contribution >= 0.6 is 0 Å². The van der Waals surface area contributed by atoms with Crippen molar-refractivity contribution in [2.75, 3.05) is 26.2 Å². The van der Waals surface area contributed by atoms with Gasteiger partial charge in [-0.2, -0.15) is 4.31 Å². The summed E-state index contributed by atoms with van der Waals surface area (Å²) in [6, 6.07) is 5.48. The van der Waals surface area contributed by atoms with E-state index in [0.29, 0.717) is 31.1 Å². The normalized spacial score (nSPS) is 19.9. The van der Waals surface area contributed by atoms with Crippen molar-refractivity contribution in [3.63, 3.8) is 0 Å². The average Bonchev–Trinajstić information content (AvgIpc) is 2.94. The molecule has 1 heterocycles. The van der Waals surface area contributed by atoms with Gasteiger partial charge >= 0.3 is 0 Å². The van der Waals surface area contributed by atoms with Gasteiger partial charge in [-0.15, -0.1) is 0 Å². The minimum atomic E-state index is -3.42. The first-order valence-electron chi connectivity index (χ1n) is 6.92. The van der Waals surface area contributed by atoms with Gasteiger partial charge in [-0.1, -0.05) is 6.07 Å². The Bertz CT molecular complexity index is 619. The third-order valence-electron chi connectivity index (χ3n) is 4.13. The quantitative estimate of drug-likeness (QED) is 0.769. The molecule has 0 N–H and O–H groups in total. The van der Waals surface area contributed by atoms with Crippen molar-refractivity contribution in [1.29, 1.82) is 0 Å². The van der Waals surface area contributed by atoms with Crippen molar-refractivity contribution in [2.24, 2.45) is 0 Å². The van der Waals surface area contributed by atoms with Gasteiger partial charge in [-0.05, 0) is 42.5 Å². The van der Waals surface area contributed by atoms with Gasteiger partial charge in [0.1, 0.15) is 0 Å². The molecule has 6 heteroatoms. The Morgan fingerprint density at radius 1 is 1.00 bits per heavy atom. The first kappa shape index (κ1) is 13.6. The molecule has 1 aromatic rings. The van der Waals surface area contributed by atoms with Crippen molar-refractivity contribution >= 4 is 16.4 Å². The second-order valence-corrected chi connectivity index (χ2v) is 7.27. The zero-order valence-electron chi connectivity index (χ0n) is 11.3. The van der Waals surface area contributed by atoms with Crippen LogP contribution in [0.4, 0.5) is 0 Å². The third-order valence-corrected chi connectivity index (χ3v) is 6.02. The van der Waals surface area contributed by atoms with Crippen molar-refractivity contribution in [2.45, 2.75) is 24.2 Å². The molecule has 5 nitrogen and oxygen atoms in total. The summed E-state index contributed by atoms with van der Waals surface area (Å²) in [4.78, 5) is 12.7. The maximum absolute atomic E-state index is 12.6. The molecule has 0 unspecified atom stereocenters. The maximum atomic E-state index is 12.6. The minimum Gasteiger partial charge on any atom is -0.343 e. The molecular formula is C14H18N2O3S. The Morgan fingerprint density at radius 3 is 2.40 bits per heavy atom. The molecule has 1 saturated heterocycles. The zero-order valence-corrected chi connectivity index (χ0v) is 12.1. The Balaban J connectivity index is 1.83. The molecule has 0 saturated carbocycles. The predicted octanol–water partition coefficient (Wildman–Crippen LogP) is 0.638. The number of aryl methyl sites for hydroxylation is 2. The molecule has 1 aliphatic heterocycles. The third kappa shape index (κ3) is 2.33. The molecule has 0 spiro atoms. The lowest BCUT2D eigenvalue weighted by Gasteiger charge is -2.31. The zero-order chi connectivity index (χ0) is 14.2. The fraction of sp³-hybridized carbons (Fsp3) is 0.500. The van der Waals surface area contributed by atoms with E-state index in [1.165, 1.54) is 9.87 Å². The highest BCUT2D eigenvalue weighted by Gasteiger charge is 2.28. The molecule has 0 bridgehead atoms. The average molecular weight is 294 g/mol. The van der Waals surface area contributed by atoms with E-state index in [4.69, 9.17) is 0 Å². The van der Waals surface area contributed by atoms with Gasteiger partial charge in [0.25, 0.3) is 0 Å². The summed E-state index contributed by atoms with van der Waals surface area (Å²) >= 11 is 0. The van der Waals surface area contributed by atoms with E-state index in [1.807, 2.05) is 12.1 Å². The number of benzene rings is 1. The monoisotopic (exact) mass is 294 g/mol. The van der Waals surface area contributed by atoms with E-state index < -0.39 is 10.0 Å². The Morgan fingerprint density at radius 2 is 1.70 bits per heavy atom. The van der Waals surface area contributed by atoms with Gasteiger partial charge < -0.3 is 4.90 Å². The second kappa shape index (κ2) is 5.18. The minimum absolute atomic E-state index is 0.373. The lowest BCUT2D eigenvalue weighted by Crippen LogP contribution is -2.47. The Kier molecular flexibility index (Phi) is 3.52. The Labute approximate surface area is 119 Å². The molecule has 108 valence electrons. The molecule has 0 aromatic heterocycles. The molecule has 0 radical (unpaired) electrons. The summed E-state index contributed by atoms with van der Waals surface area (Å²) in [6.45, 7) is 1.68. The lowest BCUT2D eigenvalue weighted by atomic mass is 10.1. The van der Waals surface area contributed by atoms with Crippen LogP contribution in [-0.2, 0) is 27.7 Å². The summed E-state index contributed by atoms with van der Waals surface area (Å²) in [5.41, 5.74) is 2.44. The molecule has 1 aromatic carbocycles. The number of fused-ring (bicyclic) bond motifs is 1. The first-order valence-corrected chi connectivity index (χ1v) is 8.36. The van der Waals surface area contributed by atoms with Crippen LogP contribution < -0.4 is 0 Å². The molecule has 1 aliphatic carbocycles. The number of hydrogen-bond acceptors (Lipinski definition) is 3. The van der Waals surface area contributed by atoms with Crippen LogP contribution in [-0.4, -0.2) is 50.2 Å². The van der Waals surface area contributed by atoms with E-state index in [0.717, 1.165) is 31.2 Å². The molecule has 20 heavy (non-hydrogen) atoms. The van der Waals surface area contributed by atoms with Crippen LogP contribution in [0, 0.1) is 0 Å². The summed E-state index contributed by atoms with van der Waals surface area (Å²) < 4.78 is 26.7. The van der Waals surface area contributed by atoms with Crippen LogP contribution in [0.15, 0.2) is 23.1 Å². The molecule has 3 rings (SSSR count). The van der Waals surface area contributed by atoms with Crippen LogP contribution in [0.25, 0.3) is 0 Å². The van der Waals surface area contributed by atoms with Crippen LogP contribution in [0.5, 0.6) is 0 Å². The van der Waals surface area contributed by atoms with Gasteiger partial charge in [-0.3, -0.25) is 4.79 Å². The van der Waals surface area contributed by atoms with Gasteiger partial charge in [0, 0.05) is 26.2 Å². The summed E-state index contributed by atoms with van der Waals surface area (Å²) in [5, 5.41) is 0. The number of carbonyl (C=O) groups excluding carboxylic acids is 1. The molecule has 1 amide bonds. The highest BCUT2D eigenvalue weighted by molar-refractivity contribution is 7.89. The van der Waals surface area contributed by atoms with E-state index in [9.17, 15) is 13.2 Å². The van der Waals surface area contributed by atoms with Gasteiger partial charge in [0.05, 0.1) is 4.90 Å². The predicted molar refractivity (Wildman–Crippen MR) is 74.9 cm³/mol. The summed E-state index contributed by atoms with van der Waals surface area (Å²) in [6.07, 6.45) is 3.90. The lowest BCUT2D eigenvalue weighted by molar-refractivity contribution is -0.119. The highest BCUT2D eigenvalue weighted by Crippen LogP contribution is 2.26.